The summed E-state index contributed by atoms with van der Waals surface area (Å²) in [6, 6.07) is 8.01. The van der Waals surface area contributed by atoms with Gasteiger partial charge in [-0.05, 0) is 25.0 Å². The third kappa shape index (κ3) is 2.49. The predicted molar refractivity (Wildman–Crippen MR) is 74.4 cm³/mol. The van der Waals surface area contributed by atoms with E-state index in [0.717, 1.165) is 23.1 Å². The highest BCUT2D eigenvalue weighted by Crippen LogP contribution is 2.21. The van der Waals surface area contributed by atoms with E-state index in [0.29, 0.717) is 11.6 Å². The zero-order valence-electron chi connectivity index (χ0n) is 10.8. The lowest BCUT2D eigenvalue weighted by Crippen LogP contribution is -2.25. The molecule has 0 radical (unpaired) electrons. The lowest BCUT2D eigenvalue weighted by Gasteiger charge is -2.10. The number of benzene rings is 1. The van der Waals surface area contributed by atoms with E-state index < -0.39 is 5.97 Å². The van der Waals surface area contributed by atoms with Crippen molar-refractivity contribution in [3.05, 3.63) is 35.5 Å². The monoisotopic (exact) mass is 258 g/mol. The van der Waals surface area contributed by atoms with Gasteiger partial charge < -0.3 is 15.4 Å². The van der Waals surface area contributed by atoms with Crippen LogP contribution in [0.25, 0.3) is 10.9 Å². The van der Waals surface area contributed by atoms with Crippen molar-refractivity contribution in [2.75, 3.05) is 0 Å². The summed E-state index contributed by atoms with van der Waals surface area (Å²) in [6.45, 7) is 0.776. The summed E-state index contributed by atoms with van der Waals surface area (Å²) < 4.78 is 0. The summed E-state index contributed by atoms with van der Waals surface area (Å²) in [5.41, 5.74) is 2.11. The number of hydrogen-bond donors (Lipinski definition) is 3. The molecule has 0 spiro atoms. The summed E-state index contributed by atoms with van der Waals surface area (Å²) in [5.74, 6) is -0.886. The molecule has 19 heavy (non-hydrogen) atoms. The van der Waals surface area contributed by atoms with E-state index in [2.05, 4.69) is 10.3 Å². The van der Waals surface area contributed by atoms with Crippen LogP contribution < -0.4 is 5.32 Å². The highest BCUT2D eigenvalue weighted by Gasteiger charge is 2.15. The Bertz CT molecular complexity index is 597. The molecule has 1 heterocycles. The Balaban J connectivity index is 1.80. The average Bonchev–Trinajstić information content (AvgIpc) is 3.04. The van der Waals surface area contributed by atoms with Crippen LogP contribution in [0, 0.1) is 0 Å². The molecule has 100 valence electrons. The van der Waals surface area contributed by atoms with E-state index in [1.165, 1.54) is 25.7 Å². The average molecular weight is 258 g/mol. The number of rotatable bonds is 4. The molecular formula is C15H18N2O2. The molecule has 4 heteroatoms. The number of aromatic nitrogens is 1. The van der Waals surface area contributed by atoms with Gasteiger partial charge in [0.1, 0.15) is 0 Å². The van der Waals surface area contributed by atoms with Gasteiger partial charge in [-0.15, -0.1) is 0 Å². The topological polar surface area (TPSA) is 65.1 Å². The quantitative estimate of drug-likeness (QED) is 0.790. The van der Waals surface area contributed by atoms with Crippen molar-refractivity contribution in [3.8, 4) is 0 Å². The van der Waals surface area contributed by atoms with E-state index in [9.17, 15) is 4.79 Å². The zero-order valence-corrected chi connectivity index (χ0v) is 10.8. The Morgan fingerprint density at radius 2 is 2.16 bits per heavy atom. The molecule has 0 atom stereocenters. The van der Waals surface area contributed by atoms with Crippen LogP contribution >= 0.6 is 0 Å². The van der Waals surface area contributed by atoms with Crippen LogP contribution in [0.5, 0.6) is 0 Å². The Kier molecular flexibility index (Phi) is 3.25. The summed E-state index contributed by atoms with van der Waals surface area (Å²) in [6.07, 6.45) is 5.13. The summed E-state index contributed by atoms with van der Waals surface area (Å²) in [5, 5.41) is 13.6. The van der Waals surface area contributed by atoms with Gasteiger partial charge in [0.2, 0.25) is 0 Å². The molecule has 1 fully saturated rings. The fourth-order valence-corrected chi connectivity index (χ4v) is 2.87. The van der Waals surface area contributed by atoms with Gasteiger partial charge in [-0.3, -0.25) is 0 Å². The molecule has 1 aliphatic rings. The smallest absolute Gasteiger partial charge is 0.337 e. The summed E-state index contributed by atoms with van der Waals surface area (Å²) >= 11 is 0. The molecule has 0 saturated heterocycles. The first kappa shape index (κ1) is 12.2. The summed E-state index contributed by atoms with van der Waals surface area (Å²) in [4.78, 5) is 14.4. The van der Waals surface area contributed by atoms with Crippen LogP contribution in [0.15, 0.2) is 24.3 Å². The Labute approximate surface area is 111 Å². The number of H-pyrrole nitrogens is 1. The standard InChI is InChI=1S/C15H18N2O2/c18-15(19)13-7-3-4-10-8-12(17-14(10)13)9-16-11-5-1-2-6-11/h3-4,7-8,11,16-17H,1-2,5-6,9H2,(H,18,19). The second-order valence-corrected chi connectivity index (χ2v) is 5.23. The maximum Gasteiger partial charge on any atom is 0.337 e. The van der Waals surface area contributed by atoms with Crippen molar-refractivity contribution >= 4 is 16.9 Å². The number of aromatic carboxylic acids is 1. The van der Waals surface area contributed by atoms with E-state index in [4.69, 9.17) is 5.11 Å². The van der Waals surface area contributed by atoms with Gasteiger partial charge in [-0.1, -0.05) is 25.0 Å². The summed E-state index contributed by atoms with van der Waals surface area (Å²) in [7, 11) is 0. The van der Waals surface area contributed by atoms with Crippen LogP contribution in [0.2, 0.25) is 0 Å². The Morgan fingerprint density at radius 1 is 1.37 bits per heavy atom. The molecule has 3 rings (SSSR count). The molecule has 0 unspecified atom stereocenters. The number of para-hydroxylation sites is 1. The van der Waals surface area contributed by atoms with Crippen LogP contribution in [0.3, 0.4) is 0 Å². The highest BCUT2D eigenvalue weighted by molar-refractivity contribution is 6.02. The van der Waals surface area contributed by atoms with E-state index in [1.807, 2.05) is 12.1 Å². The second kappa shape index (κ2) is 5.05. The molecule has 0 aliphatic heterocycles. The van der Waals surface area contributed by atoms with Crippen molar-refractivity contribution in [1.82, 2.24) is 10.3 Å². The SMILES string of the molecule is O=C(O)c1cccc2cc(CNC3CCCC3)[nH]c12. The van der Waals surface area contributed by atoms with E-state index in [1.54, 1.807) is 12.1 Å². The fraction of sp³-hybridized carbons (Fsp3) is 0.400. The van der Waals surface area contributed by atoms with Gasteiger partial charge in [0, 0.05) is 23.7 Å². The van der Waals surface area contributed by atoms with Gasteiger partial charge in [0.05, 0.1) is 11.1 Å². The van der Waals surface area contributed by atoms with Crippen molar-refractivity contribution < 1.29 is 9.90 Å². The van der Waals surface area contributed by atoms with Crippen LogP contribution in [-0.4, -0.2) is 22.1 Å². The van der Waals surface area contributed by atoms with Gasteiger partial charge in [-0.2, -0.15) is 0 Å². The molecule has 0 amide bonds. The normalized spacial score (nSPS) is 16.2. The van der Waals surface area contributed by atoms with Crippen molar-refractivity contribution in [1.29, 1.82) is 0 Å². The maximum atomic E-state index is 11.2. The fourth-order valence-electron chi connectivity index (χ4n) is 2.87. The van der Waals surface area contributed by atoms with E-state index >= 15 is 0 Å². The van der Waals surface area contributed by atoms with Crippen LogP contribution in [0.1, 0.15) is 41.7 Å². The van der Waals surface area contributed by atoms with Crippen LogP contribution in [-0.2, 0) is 6.54 Å². The first-order valence-electron chi connectivity index (χ1n) is 6.81. The van der Waals surface area contributed by atoms with Gasteiger partial charge in [-0.25, -0.2) is 4.79 Å². The number of nitrogens with one attached hydrogen (secondary N) is 2. The maximum absolute atomic E-state index is 11.2. The minimum absolute atomic E-state index is 0.338. The van der Waals surface area contributed by atoms with E-state index in [-0.39, 0.29) is 0 Å². The predicted octanol–water partition coefficient (Wildman–Crippen LogP) is 2.90. The third-order valence-corrected chi connectivity index (χ3v) is 3.88. The molecule has 1 saturated carbocycles. The molecule has 1 aromatic carbocycles. The minimum Gasteiger partial charge on any atom is -0.478 e. The minimum atomic E-state index is -0.886. The van der Waals surface area contributed by atoms with Gasteiger partial charge in [0.15, 0.2) is 0 Å². The van der Waals surface area contributed by atoms with Gasteiger partial charge >= 0.3 is 5.97 Å². The number of hydrogen-bond acceptors (Lipinski definition) is 2. The molecule has 2 aromatic rings. The number of fused-ring (bicyclic) bond motifs is 1. The van der Waals surface area contributed by atoms with Crippen molar-refractivity contribution in [3.63, 3.8) is 0 Å². The molecule has 0 bridgehead atoms. The largest absolute Gasteiger partial charge is 0.478 e. The Morgan fingerprint density at radius 3 is 2.89 bits per heavy atom. The molecule has 3 N–H and O–H groups in total. The molecule has 4 nitrogen and oxygen atoms in total. The lowest BCUT2D eigenvalue weighted by atomic mass is 10.1. The van der Waals surface area contributed by atoms with Crippen molar-refractivity contribution in [2.45, 2.75) is 38.3 Å². The number of carbonyl (C=O) groups is 1. The third-order valence-electron chi connectivity index (χ3n) is 3.88. The second-order valence-electron chi connectivity index (χ2n) is 5.23. The number of carboxylic acid groups (broad SMARTS) is 1. The highest BCUT2D eigenvalue weighted by atomic mass is 16.4. The number of aromatic amines is 1. The van der Waals surface area contributed by atoms with Crippen molar-refractivity contribution in [2.24, 2.45) is 0 Å². The van der Waals surface area contributed by atoms with Crippen LogP contribution in [0.4, 0.5) is 0 Å². The molecule has 1 aromatic heterocycles. The molecular weight excluding hydrogens is 240 g/mol. The first-order chi connectivity index (χ1) is 9.24. The first-order valence-corrected chi connectivity index (χ1v) is 6.81. The number of carboxylic acids is 1. The lowest BCUT2D eigenvalue weighted by molar-refractivity contribution is 0.0699. The molecule has 1 aliphatic carbocycles. The Hall–Kier alpha value is -1.81. The van der Waals surface area contributed by atoms with Gasteiger partial charge in [0.25, 0.3) is 0 Å². The zero-order chi connectivity index (χ0) is 13.2.